The van der Waals surface area contributed by atoms with Crippen LogP contribution in [0, 0.1) is 0 Å². The second-order valence-corrected chi connectivity index (χ2v) is 9.01. The normalized spacial score (nSPS) is 15.8. The van der Waals surface area contributed by atoms with E-state index >= 15 is 0 Å². The van der Waals surface area contributed by atoms with E-state index in [0.717, 1.165) is 16.7 Å². The molecule has 0 aliphatic carbocycles. The van der Waals surface area contributed by atoms with Crippen LogP contribution in [0.1, 0.15) is 29.7 Å². The first-order valence-corrected chi connectivity index (χ1v) is 11.5. The van der Waals surface area contributed by atoms with Crippen LogP contribution in [-0.2, 0) is 11.3 Å². The summed E-state index contributed by atoms with van der Waals surface area (Å²) in [7, 11) is 1.61. The maximum atomic E-state index is 12.9. The molecule has 1 amide bonds. The number of rotatable bonds is 7. The molecular formula is C26H23NO3S2. The third-order valence-electron chi connectivity index (χ3n) is 5.12. The number of hydrogen-bond donors (Lipinski definition) is 0. The van der Waals surface area contributed by atoms with Gasteiger partial charge in [0.1, 0.15) is 10.4 Å². The minimum absolute atomic E-state index is 0.0825. The van der Waals surface area contributed by atoms with Crippen molar-refractivity contribution < 1.29 is 14.3 Å². The molecule has 6 heteroatoms. The summed E-state index contributed by atoms with van der Waals surface area (Å²) in [5, 5.41) is 0. The van der Waals surface area contributed by atoms with Crippen LogP contribution in [0.3, 0.4) is 0 Å². The van der Waals surface area contributed by atoms with Gasteiger partial charge in [0, 0.05) is 0 Å². The predicted octanol–water partition coefficient (Wildman–Crippen LogP) is 6.24. The van der Waals surface area contributed by atoms with Crippen molar-refractivity contribution in [3.05, 3.63) is 100 Å². The minimum atomic E-state index is -0.120. The van der Waals surface area contributed by atoms with Crippen molar-refractivity contribution in [2.45, 2.75) is 19.6 Å². The molecular weight excluding hydrogens is 438 g/mol. The molecule has 4 rings (SSSR count). The first-order chi connectivity index (χ1) is 15.5. The van der Waals surface area contributed by atoms with E-state index in [2.05, 4.69) is 0 Å². The van der Waals surface area contributed by atoms with Gasteiger partial charge >= 0.3 is 0 Å². The van der Waals surface area contributed by atoms with Crippen molar-refractivity contribution in [3.8, 4) is 11.5 Å². The van der Waals surface area contributed by atoms with Gasteiger partial charge in [0.2, 0.25) is 0 Å². The van der Waals surface area contributed by atoms with Crippen molar-refractivity contribution >= 4 is 40.3 Å². The third-order valence-corrected chi connectivity index (χ3v) is 6.49. The molecule has 0 saturated carbocycles. The van der Waals surface area contributed by atoms with Crippen LogP contribution in [0.4, 0.5) is 0 Å². The fraction of sp³-hybridized carbons (Fsp3) is 0.154. The highest BCUT2D eigenvalue weighted by atomic mass is 32.2. The molecule has 0 bridgehead atoms. The smallest absolute Gasteiger partial charge is 0.266 e. The highest BCUT2D eigenvalue weighted by Gasteiger charge is 2.32. The fourth-order valence-electron chi connectivity index (χ4n) is 3.41. The molecule has 1 heterocycles. The summed E-state index contributed by atoms with van der Waals surface area (Å²) in [5.41, 5.74) is 2.98. The highest BCUT2D eigenvalue weighted by molar-refractivity contribution is 8.26. The number of carbonyl (C=O) groups is 1. The SMILES string of the molecule is COc1cc(/C=C2/SC(=S)N(Cc3ccccc3)C2=O)ccc1O[C@@H](C)c1ccccc1. The molecule has 3 aromatic rings. The van der Waals surface area contributed by atoms with Crippen molar-refractivity contribution in [2.24, 2.45) is 0 Å². The molecule has 1 aliphatic rings. The Morgan fingerprint density at radius 1 is 1.00 bits per heavy atom. The van der Waals surface area contributed by atoms with E-state index in [9.17, 15) is 4.79 Å². The molecule has 0 unspecified atom stereocenters. The van der Waals surface area contributed by atoms with Crippen LogP contribution in [0.25, 0.3) is 6.08 Å². The molecule has 1 saturated heterocycles. The highest BCUT2D eigenvalue weighted by Crippen LogP contribution is 2.36. The zero-order valence-corrected chi connectivity index (χ0v) is 19.5. The van der Waals surface area contributed by atoms with Gasteiger partial charge in [-0.25, -0.2) is 0 Å². The van der Waals surface area contributed by atoms with Crippen molar-refractivity contribution in [1.29, 1.82) is 0 Å². The monoisotopic (exact) mass is 461 g/mol. The number of thiocarbonyl (C=S) groups is 1. The Bertz CT molecular complexity index is 1150. The molecule has 0 N–H and O–H groups in total. The Balaban J connectivity index is 1.51. The van der Waals surface area contributed by atoms with E-state index in [1.54, 1.807) is 12.0 Å². The van der Waals surface area contributed by atoms with Gasteiger partial charge in [0.15, 0.2) is 11.5 Å². The first-order valence-electron chi connectivity index (χ1n) is 10.2. The Labute approximate surface area is 197 Å². The number of benzene rings is 3. The van der Waals surface area contributed by atoms with Gasteiger partial charge in [0.05, 0.1) is 18.6 Å². The van der Waals surface area contributed by atoms with Crippen molar-refractivity contribution in [2.75, 3.05) is 7.11 Å². The van der Waals surface area contributed by atoms with E-state index in [0.29, 0.717) is 27.3 Å². The van der Waals surface area contributed by atoms with Crippen LogP contribution in [0.5, 0.6) is 11.5 Å². The number of methoxy groups -OCH3 is 1. The molecule has 3 aromatic carbocycles. The summed E-state index contributed by atoms with van der Waals surface area (Å²) in [6.07, 6.45) is 1.72. The molecule has 0 spiro atoms. The lowest BCUT2D eigenvalue weighted by Crippen LogP contribution is -2.27. The number of carbonyl (C=O) groups excluding carboxylic acids is 1. The third kappa shape index (κ3) is 5.03. The second kappa shape index (κ2) is 10.0. The van der Waals surface area contributed by atoms with Gasteiger partial charge in [-0.1, -0.05) is 90.7 Å². The van der Waals surface area contributed by atoms with E-state index in [-0.39, 0.29) is 12.0 Å². The Morgan fingerprint density at radius 2 is 1.69 bits per heavy atom. The maximum absolute atomic E-state index is 12.9. The van der Waals surface area contributed by atoms with E-state index in [1.807, 2.05) is 91.9 Å². The quantitative estimate of drug-likeness (QED) is 0.308. The van der Waals surface area contributed by atoms with E-state index in [4.69, 9.17) is 21.7 Å². The summed E-state index contributed by atoms with van der Waals surface area (Å²) in [6.45, 7) is 2.47. The Morgan fingerprint density at radius 3 is 2.38 bits per heavy atom. The summed E-state index contributed by atoms with van der Waals surface area (Å²) < 4.78 is 12.2. The van der Waals surface area contributed by atoms with Crippen LogP contribution in [0.2, 0.25) is 0 Å². The lowest BCUT2D eigenvalue weighted by Gasteiger charge is -2.17. The zero-order valence-electron chi connectivity index (χ0n) is 17.9. The van der Waals surface area contributed by atoms with Gasteiger partial charge in [0.25, 0.3) is 5.91 Å². The molecule has 32 heavy (non-hydrogen) atoms. The lowest BCUT2D eigenvalue weighted by molar-refractivity contribution is -0.122. The molecule has 4 nitrogen and oxygen atoms in total. The Kier molecular flexibility index (Phi) is 6.93. The molecule has 1 atom stereocenters. The largest absolute Gasteiger partial charge is 0.493 e. The van der Waals surface area contributed by atoms with Gasteiger partial charge < -0.3 is 9.47 Å². The number of thioether (sulfide) groups is 1. The molecule has 1 aliphatic heterocycles. The predicted molar refractivity (Wildman–Crippen MR) is 134 cm³/mol. The zero-order chi connectivity index (χ0) is 22.5. The van der Waals surface area contributed by atoms with Gasteiger partial charge in [-0.05, 0) is 41.8 Å². The lowest BCUT2D eigenvalue weighted by atomic mass is 10.1. The number of ether oxygens (including phenoxy) is 2. The summed E-state index contributed by atoms with van der Waals surface area (Å²) in [4.78, 5) is 15.2. The van der Waals surface area contributed by atoms with Gasteiger partial charge in [-0.3, -0.25) is 9.69 Å². The summed E-state index contributed by atoms with van der Waals surface area (Å²) >= 11 is 6.77. The number of hydrogen-bond acceptors (Lipinski definition) is 5. The average molecular weight is 462 g/mol. The van der Waals surface area contributed by atoms with Crippen molar-refractivity contribution in [1.82, 2.24) is 4.90 Å². The van der Waals surface area contributed by atoms with Crippen LogP contribution in [-0.4, -0.2) is 22.2 Å². The van der Waals surface area contributed by atoms with Crippen molar-refractivity contribution in [3.63, 3.8) is 0 Å². The summed E-state index contributed by atoms with van der Waals surface area (Å²) in [6, 6.07) is 25.5. The molecule has 162 valence electrons. The maximum Gasteiger partial charge on any atom is 0.266 e. The number of amides is 1. The fourth-order valence-corrected chi connectivity index (χ4v) is 4.66. The number of nitrogens with zero attached hydrogens (tertiary/aromatic N) is 1. The second-order valence-electron chi connectivity index (χ2n) is 7.33. The van der Waals surface area contributed by atoms with Gasteiger partial charge in [-0.15, -0.1) is 0 Å². The van der Waals surface area contributed by atoms with Crippen LogP contribution in [0.15, 0.2) is 83.8 Å². The van der Waals surface area contributed by atoms with Gasteiger partial charge in [-0.2, -0.15) is 0 Å². The molecule has 0 radical (unpaired) electrons. The molecule has 0 aromatic heterocycles. The molecule has 1 fully saturated rings. The standard InChI is InChI=1S/C26H23NO3S2/c1-18(21-11-7-4-8-12-21)30-22-14-13-20(15-23(22)29-2)16-24-25(28)27(26(31)32-24)17-19-9-5-3-6-10-19/h3-16,18H,17H2,1-2H3/b24-16+/t18-/m0/s1. The van der Waals surface area contributed by atoms with Crippen LogP contribution < -0.4 is 9.47 Å². The minimum Gasteiger partial charge on any atom is -0.493 e. The Hall–Kier alpha value is -3.09. The average Bonchev–Trinajstić information content (AvgIpc) is 3.08. The first kappa shape index (κ1) is 22.1. The van der Waals surface area contributed by atoms with E-state index < -0.39 is 0 Å². The summed E-state index contributed by atoms with van der Waals surface area (Å²) in [5.74, 6) is 1.18. The topological polar surface area (TPSA) is 38.8 Å². The van der Waals surface area contributed by atoms with Crippen LogP contribution >= 0.6 is 24.0 Å². The van der Waals surface area contributed by atoms with E-state index in [1.165, 1.54) is 11.8 Å².